The third kappa shape index (κ3) is 3.61. The quantitative estimate of drug-likeness (QED) is 0.560. The van der Waals surface area contributed by atoms with E-state index in [2.05, 4.69) is 12.2 Å². The topological polar surface area (TPSA) is 92.7 Å². The average molecular weight is 418 g/mol. The summed E-state index contributed by atoms with van der Waals surface area (Å²) in [5, 5.41) is 13.2. The largest absolute Gasteiger partial charge is 0.481 e. The van der Waals surface area contributed by atoms with Gasteiger partial charge in [0.05, 0.1) is 24.0 Å². The Morgan fingerprint density at radius 2 is 1.86 bits per heavy atom. The first-order valence-electron chi connectivity index (χ1n) is 10.4. The van der Waals surface area contributed by atoms with Crippen LogP contribution in [0.3, 0.4) is 0 Å². The number of rotatable bonds is 5. The Kier molecular flexibility index (Phi) is 5.51. The van der Waals surface area contributed by atoms with Gasteiger partial charge in [-0.05, 0) is 62.3 Å². The fourth-order valence-corrected chi connectivity index (χ4v) is 6.54. The van der Waals surface area contributed by atoms with Gasteiger partial charge in [-0.1, -0.05) is 19.1 Å². The molecule has 6 nitrogen and oxygen atoms in total. The van der Waals surface area contributed by atoms with E-state index >= 15 is 0 Å². The maximum absolute atomic E-state index is 13.2. The molecular weight excluding hydrogens is 390 g/mol. The molecule has 0 saturated heterocycles. The molecule has 1 fully saturated rings. The summed E-state index contributed by atoms with van der Waals surface area (Å²) < 4.78 is 5.27. The Bertz CT molecular complexity index is 873. The monoisotopic (exact) mass is 417 g/mol. The number of esters is 1. The maximum Gasteiger partial charge on any atom is 0.341 e. The highest BCUT2D eigenvalue weighted by atomic mass is 32.1. The fourth-order valence-electron chi connectivity index (χ4n) is 5.14. The highest BCUT2D eigenvalue weighted by Crippen LogP contribution is 2.46. The number of carbonyl (C=O) groups excluding carboxylic acids is 2. The molecule has 5 rings (SSSR count). The normalized spacial score (nSPS) is 29.9. The number of amides is 1. The van der Waals surface area contributed by atoms with Gasteiger partial charge in [-0.3, -0.25) is 9.59 Å². The second-order valence-electron chi connectivity index (χ2n) is 8.45. The molecule has 7 heteroatoms. The van der Waals surface area contributed by atoms with E-state index in [0.717, 1.165) is 42.5 Å². The van der Waals surface area contributed by atoms with E-state index in [1.807, 2.05) is 12.2 Å². The number of ether oxygens (including phenoxy) is 1. The standard InChI is InChI=1S/C22H27NO5S/c1-3-28-22(27)18-14-9-4-11(2)10-15(14)29-20(18)23-19(24)16-12-5-7-13(8-6-12)17(16)21(25)26/h5,7,11-13,16-17H,3-4,6,8-10H2,1-2H3,(H,23,24)(H,25,26)/t11-,12-,13-,16+,17-/m0/s1. The summed E-state index contributed by atoms with van der Waals surface area (Å²) in [5.41, 5.74) is 1.46. The summed E-state index contributed by atoms with van der Waals surface area (Å²) in [6.07, 6.45) is 8.26. The van der Waals surface area contributed by atoms with Gasteiger partial charge in [-0.15, -0.1) is 11.3 Å². The first kappa shape index (κ1) is 20.1. The number of carbonyl (C=O) groups is 3. The summed E-state index contributed by atoms with van der Waals surface area (Å²) in [6.45, 7) is 4.22. The van der Waals surface area contributed by atoms with Crippen molar-refractivity contribution < 1.29 is 24.2 Å². The molecule has 156 valence electrons. The van der Waals surface area contributed by atoms with Gasteiger partial charge in [0.2, 0.25) is 5.91 Å². The van der Waals surface area contributed by atoms with E-state index in [4.69, 9.17) is 4.74 Å². The van der Waals surface area contributed by atoms with E-state index in [-0.39, 0.29) is 24.3 Å². The third-order valence-electron chi connectivity index (χ3n) is 6.56. The molecule has 0 spiro atoms. The molecular formula is C22H27NO5S. The lowest BCUT2D eigenvalue weighted by molar-refractivity contribution is -0.151. The predicted molar refractivity (Wildman–Crippen MR) is 110 cm³/mol. The van der Waals surface area contributed by atoms with Crippen LogP contribution >= 0.6 is 11.3 Å². The van der Waals surface area contributed by atoms with Crippen molar-refractivity contribution in [3.8, 4) is 0 Å². The molecule has 1 amide bonds. The van der Waals surface area contributed by atoms with Crippen molar-refractivity contribution >= 4 is 34.2 Å². The first-order valence-corrected chi connectivity index (χ1v) is 11.3. The van der Waals surface area contributed by atoms with E-state index in [0.29, 0.717) is 16.5 Å². The number of aliphatic carboxylic acids is 1. The molecule has 4 aliphatic carbocycles. The Balaban J connectivity index is 1.65. The first-order chi connectivity index (χ1) is 13.9. The van der Waals surface area contributed by atoms with Gasteiger partial charge >= 0.3 is 11.9 Å². The van der Waals surface area contributed by atoms with Crippen molar-refractivity contribution in [1.82, 2.24) is 0 Å². The summed E-state index contributed by atoms with van der Waals surface area (Å²) in [6, 6.07) is 0. The molecule has 0 unspecified atom stereocenters. The molecule has 5 atom stereocenters. The lowest BCUT2D eigenvalue weighted by Crippen LogP contribution is -2.47. The number of hydrogen-bond acceptors (Lipinski definition) is 5. The molecule has 0 radical (unpaired) electrons. The number of thiophene rings is 1. The van der Waals surface area contributed by atoms with Crippen molar-refractivity contribution in [2.24, 2.45) is 29.6 Å². The van der Waals surface area contributed by atoms with E-state index in [1.165, 1.54) is 11.3 Å². The molecule has 2 N–H and O–H groups in total. The van der Waals surface area contributed by atoms with Gasteiger partial charge in [0.25, 0.3) is 0 Å². The van der Waals surface area contributed by atoms with Crippen molar-refractivity contribution in [2.45, 2.75) is 46.0 Å². The summed E-state index contributed by atoms with van der Waals surface area (Å²) in [5.74, 6) is -2.58. The maximum atomic E-state index is 13.2. The molecule has 1 aromatic heterocycles. The average Bonchev–Trinajstić information content (AvgIpc) is 3.04. The second-order valence-corrected chi connectivity index (χ2v) is 9.55. The van der Waals surface area contributed by atoms with Crippen LogP contribution in [0.1, 0.15) is 53.9 Å². The number of allylic oxidation sites excluding steroid dienone is 2. The summed E-state index contributed by atoms with van der Waals surface area (Å²) >= 11 is 1.44. The van der Waals surface area contributed by atoms with Gasteiger partial charge in [0.15, 0.2) is 0 Å². The number of carboxylic acid groups (broad SMARTS) is 1. The Morgan fingerprint density at radius 3 is 2.48 bits per heavy atom. The van der Waals surface area contributed by atoms with Crippen LogP contribution in [0.2, 0.25) is 0 Å². The Morgan fingerprint density at radius 1 is 1.17 bits per heavy atom. The van der Waals surface area contributed by atoms with Crippen LogP contribution in [0.15, 0.2) is 12.2 Å². The molecule has 1 heterocycles. The minimum absolute atomic E-state index is 0.0678. The van der Waals surface area contributed by atoms with Crippen LogP contribution in [0, 0.1) is 29.6 Å². The van der Waals surface area contributed by atoms with Gasteiger partial charge in [-0.25, -0.2) is 4.79 Å². The van der Waals surface area contributed by atoms with Gasteiger partial charge < -0.3 is 15.2 Å². The molecule has 0 aromatic carbocycles. The molecule has 2 bridgehead atoms. The number of nitrogens with one attached hydrogen (secondary N) is 1. The second kappa shape index (κ2) is 7.94. The van der Waals surface area contributed by atoms with Crippen LogP contribution in [0.5, 0.6) is 0 Å². The minimum Gasteiger partial charge on any atom is -0.481 e. The lowest BCUT2D eigenvalue weighted by Gasteiger charge is -2.41. The molecule has 1 aromatic rings. The number of hydrogen-bond donors (Lipinski definition) is 2. The summed E-state index contributed by atoms with van der Waals surface area (Å²) in [7, 11) is 0. The van der Waals surface area contributed by atoms with Gasteiger partial charge in [0, 0.05) is 4.88 Å². The zero-order valence-electron chi connectivity index (χ0n) is 16.8. The predicted octanol–water partition coefficient (Wildman–Crippen LogP) is 3.90. The zero-order chi connectivity index (χ0) is 20.7. The smallest absolute Gasteiger partial charge is 0.341 e. The third-order valence-corrected chi connectivity index (χ3v) is 7.73. The van der Waals surface area contributed by atoms with Crippen LogP contribution in [-0.2, 0) is 27.2 Å². The van der Waals surface area contributed by atoms with Crippen LogP contribution in [-0.4, -0.2) is 29.6 Å². The van der Waals surface area contributed by atoms with Crippen LogP contribution in [0.4, 0.5) is 5.00 Å². The van der Waals surface area contributed by atoms with Crippen molar-refractivity contribution in [2.75, 3.05) is 11.9 Å². The van der Waals surface area contributed by atoms with Crippen molar-refractivity contribution in [1.29, 1.82) is 0 Å². The number of carboxylic acids is 1. The number of fused-ring (bicyclic) bond motifs is 3. The minimum atomic E-state index is -0.922. The van der Waals surface area contributed by atoms with E-state index in [1.54, 1.807) is 6.92 Å². The lowest BCUT2D eigenvalue weighted by atomic mass is 9.62. The highest BCUT2D eigenvalue weighted by molar-refractivity contribution is 7.17. The van der Waals surface area contributed by atoms with Gasteiger partial charge in [-0.2, -0.15) is 0 Å². The Labute approximate surface area is 174 Å². The Hall–Kier alpha value is -2.15. The highest BCUT2D eigenvalue weighted by Gasteiger charge is 2.48. The number of anilines is 1. The van der Waals surface area contributed by atoms with Crippen LogP contribution < -0.4 is 5.32 Å². The van der Waals surface area contributed by atoms with Crippen molar-refractivity contribution in [3.05, 3.63) is 28.2 Å². The SMILES string of the molecule is CCOC(=O)c1c(NC(=O)[C@H]2[C@@H](C(=O)O)[C@H]3C=C[C@H]2CC3)sc2c1CC[C@H](C)C2. The van der Waals surface area contributed by atoms with E-state index < -0.39 is 23.8 Å². The van der Waals surface area contributed by atoms with Gasteiger partial charge in [0.1, 0.15) is 5.00 Å². The van der Waals surface area contributed by atoms with E-state index in [9.17, 15) is 19.5 Å². The molecule has 4 aliphatic rings. The summed E-state index contributed by atoms with van der Waals surface area (Å²) in [4.78, 5) is 38.9. The zero-order valence-corrected chi connectivity index (χ0v) is 17.6. The van der Waals surface area contributed by atoms with Crippen molar-refractivity contribution in [3.63, 3.8) is 0 Å². The molecule has 1 saturated carbocycles. The van der Waals surface area contributed by atoms with Crippen LogP contribution in [0.25, 0.3) is 0 Å². The molecule has 0 aliphatic heterocycles. The molecule has 29 heavy (non-hydrogen) atoms. The fraction of sp³-hybridized carbons (Fsp3) is 0.591.